The van der Waals surface area contributed by atoms with Crippen molar-refractivity contribution in [2.24, 2.45) is 5.73 Å². The van der Waals surface area contributed by atoms with Crippen LogP contribution in [0.2, 0.25) is 0 Å². The summed E-state index contributed by atoms with van der Waals surface area (Å²) in [6.07, 6.45) is 6.16. The van der Waals surface area contributed by atoms with Gasteiger partial charge < -0.3 is 10.2 Å². The number of hydrogen-bond donors (Lipinski definition) is 1. The van der Waals surface area contributed by atoms with E-state index in [1.54, 1.807) is 24.7 Å². The van der Waals surface area contributed by atoms with Crippen LogP contribution in [0.1, 0.15) is 17.6 Å². The third-order valence-electron chi connectivity index (χ3n) is 1.62. The number of rotatable bonds is 2. The van der Waals surface area contributed by atoms with Crippen LogP contribution in [0.3, 0.4) is 0 Å². The van der Waals surface area contributed by atoms with Gasteiger partial charge in [0, 0.05) is 12.4 Å². The van der Waals surface area contributed by atoms with Crippen LogP contribution in [-0.4, -0.2) is 15.0 Å². The van der Waals surface area contributed by atoms with E-state index in [0.29, 0.717) is 11.6 Å². The first-order valence-corrected chi connectivity index (χ1v) is 3.79. The molecule has 0 amide bonds. The minimum Gasteiger partial charge on any atom is -0.446 e. The van der Waals surface area contributed by atoms with Crippen LogP contribution in [0.5, 0.6) is 0 Å². The molecular weight excluding hydrogens is 168 g/mol. The summed E-state index contributed by atoms with van der Waals surface area (Å²) < 4.78 is 5.03. The molecule has 0 radical (unpaired) electrons. The number of aromatic nitrogens is 3. The number of nitrogens with zero attached hydrogens (tertiary/aromatic N) is 3. The van der Waals surface area contributed by atoms with Gasteiger partial charge in [0.2, 0.25) is 0 Å². The summed E-state index contributed by atoms with van der Waals surface area (Å²) in [7, 11) is 0. The molecule has 1 unspecified atom stereocenters. The minimum atomic E-state index is -0.441. The van der Waals surface area contributed by atoms with Crippen molar-refractivity contribution >= 4 is 0 Å². The molecule has 2 rings (SSSR count). The standard InChI is InChI=1S/C8H8N4O/c9-7(6-4-10-5-13-6)8-11-2-1-3-12-8/h1-5,7H,9H2. The summed E-state index contributed by atoms with van der Waals surface area (Å²) in [5, 5.41) is 0. The number of hydrogen-bond acceptors (Lipinski definition) is 5. The molecule has 5 heteroatoms. The summed E-state index contributed by atoms with van der Waals surface area (Å²) in [5.41, 5.74) is 5.80. The normalized spacial score (nSPS) is 12.7. The Bertz CT molecular complexity index is 359. The van der Waals surface area contributed by atoms with Crippen molar-refractivity contribution in [3.05, 3.63) is 42.6 Å². The fourth-order valence-corrected chi connectivity index (χ4v) is 0.978. The van der Waals surface area contributed by atoms with Crippen LogP contribution in [0.4, 0.5) is 0 Å². The van der Waals surface area contributed by atoms with Crippen LogP contribution in [0, 0.1) is 0 Å². The van der Waals surface area contributed by atoms with E-state index in [0.717, 1.165) is 0 Å². The molecule has 1 atom stereocenters. The zero-order valence-electron chi connectivity index (χ0n) is 6.79. The summed E-state index contributed by atoms with van der Waals surface area (Å²) in [5.74, 6) is 1.09. The molecule has 5 nitrogen and oxygen atoms in total. The maximum Gasteiger partial charge on any atom is 0.180 e. The average molecular weight is 176 g/mol. The Morgan fingerprint density at radius 3 is 2.69 bits per heavy atom. The van der Waals surface area contributed by atoms with Gasteiger partial charge in [0.1, 0.15) is 11.8 Å². The fraction of sp³-hybridized carbons (Fsp3) is 0.125. The topological polar surface area (TPSA) is 77.8 Å². The molecule has 0 saturated heterocycles. The molecule has 66 valence electrons. The molecule has 0 fully saturated rings. The van der Waals surface area contributed by atoms with Gasteiger partial charge in [0.05, 0.1) is 6.20 Å². The van der Waals surface area contributed by atoms with Gasteiger partial charge in [-0.1, -0.05) is 0 Å². The SMILES string of the molecule is NC(c1ncccn1)c1cnco1. The zero-order chi connectivity index (χ0) is 9.10. The molecule has 0 bridgehead atoms. The first-order chi connectivity index (χ1) is 6.38. The molecule has 2 N–H and O–H groups in total. The molecular formula is C8H8N4O. The van der Waals surface area contributed by atoms with Crippen LogP contribution in [-0.2, 0) is 0 Å². The smallest absolute Gasteiger partial charge is 0.180 e. The third kappa shape index (κ3) is 1.54. The summed E-state index contributed by atoms with van der Waals surface area (Å²) >= 11 is 0. The van der Waals surface area contributed by atoms with E-state index in [9.17, 15) is 0 Å². The Kier molecular flexibility index (Phi) is 2.01. The Morgan fingerprint density at radius 1 is 1.31 bits per heavy atom. The largest absolute Gasteiger partial charge is 0.446 e. The predicted molar refractivity (Wildman–Crippen MR) is 44.6 cm³/mol. The van der Waals surface area contributed by atoms with Crippen molar-refractivity contribution in [3.63, 3.8) is 0 Å². The predicted octanol–water partition coefficient (Wildman–Crippen LogP) is 0.513. The lowest BCUT2D eigenvalue weighted by atomic mass is 10.2. The highest BCUT2D eigenvalue weighted by molar-refractivity contribution is 5.09. The zero-order valence-corrected chi connectivity index (χ0v) is 6.79. The molecule has 2 aromatic heterocycles. The second kappa shape index (κ2) is 3.32. The van der Waals surface area contributed by atoms with Crippen LogP contribution >= 0.6 is 0 Å². The van der Waals surface area contributed by atoms with Gasteiger partial charge in [-0.15, -0.1) is 0 Å². The van der Waals surface area contributed by atoms with E-state index in [-0.39, 0.29) is 0 Å². The van der Waals surface area contributed by atoms with Crippen molar-refractivity contribution in [1.82, 2.24) is 15.0 Å². The molecule has 0 aliphatic carbocycles. The number of nitrogens with two attached hydrogens (primary N) is 1. The number of oxazole rings is 1. The molecule has 0 aliphatic heterocycles. The second-order valence-electron chi connectivity index (χ2n) is 2.49. The summed E-state index contributed by atoms with van der Waals surface area (Å²) in [4.78, 5) is 11.8. The highest BCUT2D eigenvalue weighted by Crippen LogP contribution is 2.13. The highest BCUT2D eigenvalue weighted by Gasteiger charge is 2.13. The van der Waals surface area contributed by atoms with Crippen LogP contribution in [0.25, 0.3) is 0 Å². The van der Waals surface area contributed by atoms with Crippen molar-refractivity contribution < 1.29 is 4.42 Å². The molecule has 0 saturated carbocycles. The summed E-state index contributed by atoms with van der Waals surface area (Å²) in [6, 6.07) is 1.29. The van der Waals surface area contributed by atoms with Crippen LogP contribution in [0.15, 0.2) is 35.5 Å². The first kappa shape index (κ1) is 7.88. The van der Waals surface area contributed by atoms with Gasteiger partial charge in [-0.05, 0) is 6.07 Å². The molecule has 2 aromatic rings. The lowest BCUT2D eigenvalue weighted by molar-refractivity contribution is 0.478. The monoisotopic (exact) mass is 176 g/mol. The molecule has 2 heterocycles. The molecule has 13 heavy (non-hydrogen) atoms. The van der Waals surface area contributed by atoms with E-state index >= 15 is 0 Å². The third-order valence-corrected chi connectivity index (χ3v) is 1.62. The Labute approximate surface area is 74.6 Å². The van der Waals surface area contributed by atoms with E-state index in [2.05, 4.69) is 15.0 Å². The van der Waals surface area contributed by atoms with Gasteiger partial charge in [-0.25, -0.2) is 15.0 Å². The molecule has 0 aliphatic rings. The van der Waals surface area contributed by atoms with E-state index < -0.39 is 6.04 Å². The lowest BCUT2D eigenvalue weighted by Crippen LogP contribution is -2.14. The Morgan fingerprint density at radius 2 is 2.08 bits per heavy atom. The summed E-state index contributed by atoms with van der Waals surface area (Å²) in [6.45, 7) is 0. The van der Waals surface area contributed by atoms with Crippen LogP contribution < -0.4 is 5.73 Å². The highest BCUT2D eigenvalue weighted by atomic mass is 16.3. The van der Waals surface area contributed by atoms with Gasteiger partial charge in [-0.2, -0.15) is 0 Å². The Hall–Kier alpha value is -1.75. The van der Waals surface area contributed by atoms with Crippen molar-refractivity contribution in [3.8, 4) is 0 Å². The van der Waals surface area contributed by atoms with Gasteiger partial charge in [0.25, 0.3) is 0 Å². The lowest BCUT2D eigenvalue weighted by Gasteiger charge is -2.04. The maximum atomic E-state index is 5.80. The minimum absolute atomic E-state index is 0.441. The fourth-order valence-electron chi connectivity index (χ4n) is 0.978. The van der Waals surface area contributed by atoms with E-state index in [1.165, 1.54) is 6.39 Å². The van der Waals surface area contributed by atoms with Crippen molar-refractivity contribution in [2.75, 3.05) is 0 Å². The first-order valence-electron chi connectivity index (χ1n) is 3.79. The average Bonchev–Trinajstić information content (AvgIpc) is 2.71. The van der Waals surface area contributed by atoms with Crippen molar-refractivity contribution in [1.29, 1.82) is 0 Å². The maximum absolute atomic E-state index is 5.80. The second-order valence-corrected chi connectivity index (χ2v) is 2.49. The van der Waals surface area contributed by atoms with Crippen molar-refractivity contribution in [2.45, 2.75) is 6.04 Å². The van der Waals surface area contributed by atoms with Gasteiger partial charge in [0.15, 0.2) is 12.2 Å². The molecule has 0 aromatic carbocycles. The van der Waals surface area contributed by atoms with E-state index in [4.69, 9.17) is 10.2 Å². The quantitative estimate of drug-likeness (QED) is 0.721. The van der Waals surface area contributed by atoms with Gasteiger partial charge >= 0.3 is 0 Å². The Balaban J connectivity index is 2.29. The molecule has 0 spiro atoms. The van der Waals surface area contributed by atoms with E-state index in [1.807, 2.05) is 0 Å². The van der Waals surface area contributed by atoms with Gasteiger partial charge in [-0.3, -0.25) is 0 Å².